The Kier molecular flexibility index (Phi) is 3.67. The quantitative estimate of drug-likeness (QED) is 0.901. The summed E-state index contributed by atoms with van der Waals surface area (Å²) in [6, 6.07) is 9.24. The van der Waals surface area contributed by atoms with Crippen molar-refractivity contribution in [1.29, 1.82) is 0 Å². The fourth-order valence-corrected chi connectivity index (χ4v) is 1.58. The molecule has 0 spiro atoms. The fourth-order valence-electron chi connectivity index (χ4n) is 1.58. The average Bonchev–Trinajstić information content (AvgIpc) is 2.39. The topological polar surface area (TPSA) is 42.0 Å². The van der Waals surface area contributed by atoms with Gasteiger partial charge in [0.25, 0.3) is 5.91 Å². The van der Waals surface area contributed by atoms with Gasteiger partial charge in [0, 0.05) is 11.8 Å². The summed E-state index contributed by atoms with van der Waals surface area (Å²) in [5.74, 6) is -0.322. The van der Waals surface area contributed by atoms with Crippen LogP contribution in [0.2, 0.25) is 0 Å². The zero-order chi connectivity index (χ0) is 13.0. The van der Waals surface area contributed by atoms with Gasteiger partial charge in [-0.1, -0.05) is 13.0 Å². The Morgan fingerprint density at radius 1 is 1.33 bits per heavy atom. The maximum Gasteiger partial charge on any atom is 0.256 e. The van der Waals surface area contributed by atoms with Gasteiger partial charge >= 0.3 is 0 Å². The molecule has 0 saturated heterocycles. The van der Waals surface area contributed by atoms with Crippen LogP contribution in [0.3, 0.4) is 0 Å². The highest BCUT2D eigenvalue weighted by Gasteiger charge is 2.07. The SMILES string of the molecule is CCc1ccnc(NC(=O)c2cccc(F)c2)c1. The van der Waals surface area contributed by atoms with Crippen LogP contribution < -0.4 is 5.32 Å². The number of nitrogens with zero attached hydrogens (tertiary/aromatic N) is 1. The van der Waals surface area contributed by atoms with Gasteiger partial charge in [0.05, 0.1) is 0 Å². The molecule has 0 aliphatic carbocycles. The van der Waals surface area contributed by atoms with Crippen LogP contribution in [0.25, 0.3) is 0 Å². The van der Waals surface area contributed by atoms with Crippen LogP contribution in [0.15, 0.2) is 42.6 Å². The summed E-state index contributed by atoms with van der Waals surface area (Å²) in [6.07, 6.45) is 2.51. The van der Waals surface area contributed by atoms with E-state index in [1.165, 1.54) is 18.2 Å². The number of aryl methyl sites for hydroxylation is 1. The van der Waals surface area contributed by atoms with Crippen LogP contribution in [-0.2, 0) is 6.42 Å². The molecule has 1 aromatic heterocycles. The van der Waals surface area contributed by atoms with Gasteiger partial charge in [-0.05, 0) is 42.3 Å². The number of carbonyl (C=O) groups is 1. The van der Waals surface area contributed by atoms with Gasteiger partial charge in [-0.3, -0.25) is 4.79 Å². The van der Waals surface area contributed by atoms with Crippen molar-refractivity contribution in [3.8, 4) is 0 Å². The number of carbonyl (C=O) groups excluding carboxylic acids is 1. The molecule has 0 radical (unpaired) electrons. The normalized spacial score (nSPS) is 10.1. The first-order valence-electron chi connectivity index (χ1n) is 5.71. The molecule has 1 amide bonds. The van der Waals surface area contributed by atoms with Gasteiger partial charge in [0.1, 0.15) is 11.6 Å². The molecule has 18 heavy (non-hydrogen) atoms. The first kappa shape index (κ1) is 12.2. The summed E-state index contributed by atoms with van der Waals surface area (Å²) in [5.41, 5.74) is 1.36. The number of hydrogen-bond acceptors (Lipinski definition) is 2. The molecule has 0 saturated carbocycles. The van der Waals surface area contributed by atoms with Gasteiger partial charge < -0.3 is 5.32 Å². The van der Waals surface area contributed by atoms with Crippen molar-refractivity contribution >= 4 is 11.7 Å². The van der Waals surface area contributed by atoms with Crippen LogP contribution in [0.4, 0.5) is 10.2 Å². The third-order valence-corrected chi connectivity index (χ3v) is 2.56. The van der Waals surface area contributed by atoms with E-state index in [4.69, 9.17) is 0 Å². The summed E-state index contributed by atoms with van der Waals surface area (Å²) in [6.45, 7) is 2.02. The van der Waals surface area contributed by atoms with Gasteiger partial charge in [-0.15, -0.1) is 0 Å². The molecule has 0 atom stereocenters. The number of pyridine rings is 1. The molecule has 0 unspecified atom stereocenters. The number of anilines is 1. The van der Waals surface area contributed by atoms with E-state index in [9.17, 15) is 9.18 Å². The van der Waals surface area contributed by atoms with Crippen molar-refractivity contribution in [2.75, 3.05) is 5.32 Å². The summed E-state index contributed by atoms with van der Waals surface area (Å²) in [5, 5.41) is 2.64. The fraction of sp³-hybridized carbons (Fsp3) is 0.143. The van der Waals surface area contributed by atoms with Crippen LogP contribution in [0.1, 0.15) is 22.8 Å². The Morgan fingerprint density at radius 3 is 2.89 bits per heavy atom. The third-order valence-electron chi connectivity index (χ3n) is 2.56. The highest BCUT2D eigenvalue weighted by molar-refractivity contribution is 6.03. The Morgan fingerprint density at radius 2 is 2.17 bits per heavy atom. The summed E-state index contributed by atoms with van der Waals surface area (Å²) >= 11 is 0. The molecule has 1 N–H and O–H groups in total. The Bertz CT molecular complexity index is 569. The lowest BCUT2D eigenvalue weighted by molar-refractivity contribution is 0.102. The second kappa shape index (κ2) is 5.40. The Hall–Kier alpha value is -2.23. The van der Waals surface area contributed by atoms with Gasteiger partial charge in [0.15, 0.2) is 0 Å². The molecular formula is C14H13FN2O. The highest BCUT2D eigenvalue weighted by atomic mass is 19.1. The predicted molar refractivity (Wildman–Crippen MR) is 68.0 cm³/mol. The molecule has 92 valence electrons. The third kappa shape index (κ3) is 2.91. The molecule has 0 aliphatic heterocycles. The maximum absolute atomic E-state index is 13.0. The number of hydrogen-bond donors (Lipinski definition) is 1. The summed E-state index contributed by atoms with van der Waals surface area (Å²) in [4.78, 5) is 15.9. The van der Waals surface area contributed by atoms with E-state index in [2.05, 4.69) is 10.3 Å². The predicted octanol–water partition coefficient (Wildman–Crippen LogP) is 3.04. The van der Waals surface area contributed by atoms with Gasteiger partial charge in [0.2, 0.25) is 0 Å². The average molecular weight is 244 g/mol. The van der Waals surface area contributed by atoms with Crippen molar-refractivity contribution < 1.29 is 9.18 Å². The largest absolute Gasteiger partial charge is 0.307 e. The van der Waals surface area contributed by atoms with Crippen LogP contribution in [0.5, 0.6) is 0 Å². The van der Waals surface area contributed by atoms with Crippen molar-refractivity contribution in [1.82, 2.24) is 4.98 Å². The number of amides is 1. The lowest BCUT2D eigenvalue weighted by Gasteiger charge is -2.05. The van der Waals surface area contributed by atoms with Crippen LogP contribution >= 0.6 is 0 Å². The van der Waals surface area contributed by atoms with Gasteiger partial charge in [-0.2, -0.15) is 0 Å². The molecular weight excluding hydrogens is 231 g/mol. The minimum atomic E-state index is -0.432. The highest BCUT2D eigenvalue weighted by Crippen LogP contribution is 2.10. The molecule has 0 bridgehead atoms. The van der Waals surface area contributed by atoms with Crippen molar-refractivity contribution in [3.63, 3.8) is 0 Å². The lowest BCUT2D eigenvalue weighted by Crippen LogP contribution is -2.13. The molecule has 1 heterocycles. The zero-order valence-corrected chi connectivity index (χ0v) is 9.98. The minimum absolute atomic E-state index is 0.277. The zero-order valence-electron chi connectivity index (χ0n) is 9.98. The molecule has 0 fully saturated rings. The van der Waals surface area contributed by atoms with E-state index in [1.807, 2.05) is 13.0 Å². The molecule has 3 nitrogen and oxygen atoms in total. The smallest absolute Gasteiger partial charge is 0.256 e. The minimum Gasteiger partial charge on any atom is -0.307 e. The number of nitrogens with one attached hydrogen (secondary N) is 1. The van der Waals surface area contributed by atoms with E-state index in [0.29, 0.717) is 5.82 Å². The Balaban J connectivity index is 2.16. The molecule has 1 aromatic carbocycles. The molecule has 4 heteroatoms. The van der Waals surface area contributed by atoms with E-state index in [0.717, 1.165) is 12.0 Å². The number of aromatic nitrogens is 1. The summed E-state index contributed by atoms with van der Waals surface area (Å²) < 4.78 is 13.0. The van der Waals surface area contributed by atoms with Crippen molar-refractivity contribution in [3.05, 3.63) is 59.5 Å². The van der Waals surface area contributed by atoms with E-state index < -0.39 is 5.82 Å². The molecule has 2 aromatic rings. The summed E-state index contributed by atoms with van der Waals surface area (Å²) in [7, 11) is 0. The van der Waals surface area contributed by atoms with E-state index >= 15 is 0 Å². The number of rotatable bonds is 3. The second-order valence-corrected chi connectivity index (χ2v) is 3.87. The van der Waals surface area contributed by atoms with E-state index in [1.54, 1.807) is 18.3 Å². The maximum atomic E-state index is 13.0. The van der Waals surface area contributed by atoms with Crippen molar-refractivity contribution in [2.24, 2.45) is 0 Å². The van der Waals surface area contributed by atoms with Crippen molar-refractivity contribution in [2.45, 2.75) is 13.3 Å². The molecule has 2 rings (SSSR count). The molecule has 0 aliphatic rings. The Labute approximate surface area is 105 Å². The lowest BCUT2D eigenvalue weighted by atomic mass is 10.2. The number of benzene rings is 1. The van der Waals surface area contributed by atoms with Crippen LogP contribution in [0, 0.1) is 5.82 Å². The first-order valence-corrected chi connectivity index (χ1v) is 5.71. The van der Waals surface area contributed by atoms with E-state index in [-0.39, 0.29) is 11.5 Å². The van der Waals surface area contributed by atoms with Crippen LogP contribution in [-0.4, -0.2) is 10.9 Å². The standard InChI is InChI=1S/C14H13FN2O/c1-2-10-6-7-16-13(8-10)17-14(18)11-4-3-5-12(15)9-11/h3-9H,2H2,1H3,(H,16,17,18). The van der Waals surface area contributed by atoms with Gasteiger partial charge in [-0.25, -0.2) is 9.37 Å². The number of halogens is 1. The monoisotopic (exact) mass is 244 g/mol. The second-order valence-electron chi connectivity index (χ2n) is 3.87. The first-order chi connectivity index (χ1) is 8.69.